The first-order valence-corrected chi connectivity index (χ1v) is 5.29. The maximum atomic E-state index is 11.0. The molecule has 0 aliphatic rings. The fourth-order valence-electron chi connectivity index (χ4n) is 1.05. The zero-order valence-corrected chi connectivity index (χ0v) is 9.76. The van der Waals surface area contributed by atoms with E-state index in [-0.39, 0.29) is 13.2 Å². The van der Waals surface area contributed by atoms with E-state index in [1.165, 1.54) is 7.11 Å². The molecule has 0 amide bonds. The lowest BCUT2D eigenvalue weighted by molar-refractivity contribution is 0.0301. The van der Waals surface area contributed by atoms with E-state index in [0.29, 0.717) is 13.2 Å². The zero-order chi connectivity index (χ0) is 12.3. The van der Waals surface area contributed by atoms with E-state index in [4.69, 9.17) is 18.9 Å². The van der Waals surface area contributed by atoms with Crippen LogP contribution >= 0.6 is 0 Å². The number of hydrogen-bond acceptors (Lipinski definition) is 5. The summed E-state index contributed by atoms with van der Waals surface area (Å²) >= 11 is 0. The molecule has 0 bridgehead atoms. The molecule has 0 N–H and O–H groups in total. The maximum absolute atomic E-state index is 11.0. The molecule has 0 saturated heterocycles. The van der Waals surface area contributed by atoms with Crippen molar-refractivity contribution in [2.24, 2.45) is 0 Å². The number of benzene rings is 1. The molecule has 94 valence electrons. The van der Waals surface area contributed by atoms with Crippen molar-refractivity contribution in [1.82, 2.24) is 0 Å². The van der Waals surface area contributed by atoms with Crippen LogP contribution < -0.4 is 4.74 Å². The fraction of sp³-hybridized carbons (Fsp3) is 0.417. The van der Waals surface area contributed by atoms with Crippen LogP contribution in [0.4, 0.5) is 4.79 Å². The van der Waals surface area contributed by atoms with Crippen molar-refractivity contribution < 1.29 is 23.7 Å². The van der Waals surface area contributed by atoms with Crippen LogP contribution in [0.15, 0.2) is 30.3 Å². The Hall–Kier alpha value is -1.75. The van der Waals surface area contributed by atoms with E-state index in [9.17, 15) is 4.79 Å². The molecule has 0 aromatic heterocycles. The molecule has 1 aromatic carbocycles. The number of ether oxygens (including phenoxy) is 4. The zero-order valence-electron chi connectivity index (χ0n) is 9.76. The maximum Gasteiger partial charge on any atom is 0.508 e. The van der Waals surface area contributed by atoms with Gasteiger partial charge in [-0.05, 0) is 12.1 Å². The Labute approximate surface area is 100 Å². The smallest absolute Gasteiger partial charge is 0.490 e. The molecule has 0 atom stereocenters. The SMILES string of the molecule is COCCOC(=O)OCCOc1ccccc1. The third kappa shape index (κ3) is 6.42. The first-order chi connectivity index (χ1) is 8.33. The first-order valence-electron chi connectivity index (χ1n) is 5.29. The van der Waals surface area contributed by atoms with Crippen molar-refractivity contribution >= 4 is 6.16 Å². The predicted octanol–water partition coefficient (Wildman–Crippen LogP) is 1.87. The summed E-state index contributed by atoms with van der Waals surface area (Å²) in [5, 5.41) is 0. The highest BCUT2D eigenvalue weighted by Crippen LogP contribution is 2.07. The minimum atomic E-state index is -0.710. The molecule has 0 aliphatic heterocycles. The Morgan fingerprint density at radius 1 is 1.00 bits per heavy atom. The summed E-state index contributed by atoms with van der Waals surface area (Å²) in [6, 6.07) is 9.30. The minimum Gasteiger partial charge on any atom is -0.490 e. The Kier molecular flexibility index (Phi) is 6.59. The largest absolute Gasteiger partial charge is 0.508 e. The summed E-state index contributed by atoms with van der Waals surface area (Å²) in [4.78, 5) is 11.0. The second-order valence-electron chi connectivity index (χ2n) is 3.10. The van der Waals surface area contributed by atoms with Crippen molar-refractivity contribution in [2.45, 2.75) is 0 Å². The van der Waals surface area contributed by atoms with E-state index in [0.717, 1.165) is 5.75 Å². The highest BCUT2D eigenvalue weighted by Gasteiger charge is 2.02. The van der Waals surface area contributed by atoms with Gasteiger partial charge < -0.3 is 18.9 Å². The van der Waals surface area contributed by atoms with Crippen molar-refractivity contribution in [2.75, 3.05) is 33.5 Å². The molecule has 5 heteroatoms. The Balaban J connectivity index is 2.02. The third-order valence-electron chi connectivity index (χ3n) is 1.82. The van der Waals surface area contributed by atoms with E-state index in [2.05, 4.69) is 0 Å². The number of para-hydroxylation sites is 1. The van der Waals surface area contributed by atoms with Crippen LogP contribution in [-0.2, 0) is 14.2 Å². The van der Waals surface area contributed by atoms with Crippen LogP contribution in [0, 0.1) is 0 Å². The molecule has 0 heterocycles. The molecule has 0 saturated carbocycles. The number of methoxy groups -OCH3 is 1. The molecule has 0 spiro atoms. The van der Waals surface area contributed by atoms with Gasteiger partial charge >= 0.3 is 6.16 Å². The molecule has 1 aromatic rings. The fourth-order valence-corrected chi connectivity index (χ4v) is 1.05. The van der Waals surface area contributed by atoms with Crippen LogP contribution in [-0.4, -0.2) is 39.7 Å². The highest BCUT2D eigenvalue weighted by molar-refractivity contribution is 5.59. The molecular formula is C12H16O5. The molecule has 0 radical (unpaired) electrons. The molecule has 0 aliphatic carbocycles. The van der Waals surface area contributed by atoms with Gasteiger partial charge in [0, 0.05) is 7.11 Å². The van der Waals surface area contributed by atoms with Crippen molar-refractivity contribution in [3.8, 4) is 5.75 Å². The summed E-state index contributed by atoms with van der Waals surface area (Å²) in [5.74, 6) is 0.740. The van der Waals surface area contributed by atoms with Gasteiger partial charge in [-0.3, -0.25) is 0 Å². The molecule has 0 unspecified atom stereocenters. The summed E-state index contributed by atoms with van der Waals surface area (Å²) in [5.41, 5.74) is 0. The minimum absolute atomic E-state index is 0.153. The first kappa shape index (κ1) is 13.3. The number of carbonyl (C=O) groups excluding carboxylic acids is 1. The normalized spacial score (nSPS) is 9.71. The van der Waals surface area contributed by atoms with Gasteiger partial charge in [0.1, 0.15) is 25.6 Å². The molecule has 5 nitrogen and oxygen atoms in total. The average Bonchev–Trinajstić information content (AvgIpc) is 2.36. The summed E-state index contributed by atoms with van der Waals surface area (Å²) in [6.07, 6.45) is -0.710. The lowest BCUT2D eigenvalue weighted by Crippen LogP contribution is -2.15. The second-order valence-corrected chi connectivity index (χ2v) is 3.10. The summed E-state index contributed by atoms with van der Waals surface area (Å²) in [6.45, 7) is 0.995. The van der Waals surface area contributed by atoms with Gasteiger partial charge in [-0.1, -0.05) is 18.2 Å². The standard InChI is InChI=1S/C12H16O5/c1-14-7-8-16-12(13)17-10-9-15-11-5-3-2-4-6-11/h2-6H,7-10H2,1H3. The van der Waals surface area contributed by atoms with Gasteiger partial charge in [-0.15, -0.1) is 0 Å². The second kappa shape index (κ2) is 8.41. The molecule has 1 rings (SSSR count). The van der Waals surface area contributed by atoms with Crippen molar-refractivity contribution in [3.05, 3.63) is 30.3 Å². The Morgan fingerprint density at radius 3 is 2.29 bits per heavy atom. The monoisotopic (exact) mass is 240 g/mol. The van der Waals surface area contributed by atoms with E-state index < -0.39 is 6.16 Å². The van der Waals surface area contributed by atoms with Gasteiger partial charge in [-0.25, -0.2) is 4.79 Å². The van der Waals surface area contributed by atoms with Crippen molar-refractivity contribution in [3.63, 3.8) is 0 Å². The third-order valence-corrected chi connectivity index (χ3v) is 1.82. The van der Waals surface area contributed by atoms with Gasteiger partial charge in [0.15, 0.2) is 0 Å². The average molecular weight is 240 g/mol. The van der Waals surface area contributed by atoms with E-state index >= 15 is 0 Å². The van der Waals surface area contributed by atoms with E-state index in [1.54, 1.807) is 0 Å². The van der Waals surface area contributed by atoms with Crippen LogP contribution in [0.3, 0.4) is 0 Å². The van der Waals surface area contributed by atoms with Crippen LogP contribution in [0.5, 0.6) is 5.75 Å². The summed E-state index contributed by atoms with van der Waals surface area (Å²) < 4.78 is 19.5. The van der Waals surface area contributed by atoms with Gasteiger partial charge in [0.2, 0.25) is 0 Å². The predicted molar refractivity (Wildman–Crippen MR) is 61.1 cm³/mol. The van der Waals surface area contributed by atoms with Gasteiger partial charge in [-0.2, -0.15) is 0 Å². The number of rotatable bonds is 7. The topological polar surface area (TPSA) is 54.0 Å². The molecule has 17 heavy (non-hydrogen) atoms. The van der Waals surface area contributed by atoms with Crippen LogP contribution in [0.2, 0.25) is 0 Å². The van der Waals surface area contributed by atoms with Crippen molar-refractivity contribution in [1.29, 1.82) is 0 Å². The lowest BCUT2D eigenvalue weighted by Gasteiger charge is -2.07. The number of hydrogen-bond donors (Lipinski definition) is 0. The molecule has 0 fully saturated rings. The van der Waals surface area contributed by atoms with Gasteiger partial charge in [0.05, 0.1) is 6.61 Å². The highest BCUT2D eigenvalue weighted by atomic mass is 16.7. The quantitative estimate of drug-likeness (QED) is 0.538. The van der Waals surface area contributed by atoms with Crippen LogP contribution in [0.25, 0.3) is 0 Å². The Morgan fingerprint density at radius 2 is 1.65 bits per heavy atom. The molecular weight excluding hydrogens is 224 g/mol. The number of carbonyl (C=O) groups is 1. The summed E-state index contributed by atoms with van der Waals surface area (Å²) in [7, 11) is 1.53. The van der Waals surface area contributed by atoms with E-state index in [1.807, 2.05) is 30.3 Å². The lowest BCUT2D eigenvalue weighted by atomic mass is 10.3. The van der Waals surface area contributed by atoms with Crippen LogP contribution in [0.1, 0.15) is 0 Å². The van der Waals surface area contributed by atoms with Gasteiger partial charge in [0.25, 0.3) is 0 Å². The Bertz CT molecular complexity index is 312.